The summed E-state index contributed by atoms with van der Waals surface area (Å²) >= 11 is 0.910. The number of aryl methyl sites for hydroxylation is 1. The van der Waals surface area contributed by atoms with Gasteiger partial charge in [-0.2, -0.15) is 13.2 Å². The Kier molecular flexibility index (Phi) is 7.80. The molecule has 6 nitrogen and oxygen atoms in total. The zero-order chi connectivity index (χ0) is 20.6. The van der Waals surface area contributed by atoms with Crippen LogP contribution in [-0.2, 0) is 23.9 Å². The highest BCUT2D eigenvalue weighted by Gasteiger charge is 2.33. The molecule has 1 aromatic carbocycles. The molecule has 0 aliphatic rings. The topological polar surface area (TPSA) is 78.4 Å². The maximum atomic E-state index is 12.6. The van der Waals surface area contributed by atoms with Crippen LogP contribution in [0.15, 0.2) is 34.6 Å². The number of alkyl halides is 3. The molecule has 0 spiro atoms. The van der Waals surface area contributed by atoms with Gasteiger partial charge in [-0.1, -0.05) is 19.1 Å². The van der Waals surface area contributed by atoms with Gasteiger partial charge in [-0.25, -0.2) is 9.98 Å². The summed E-state index contributed by atoms with van der Waals surface area (Å²) in [6.45, 7) is 4.36. The number of carbonyl (C=O) groups is 1. The number of anilines is 1. The predicted octanol–water partition coefficient (Wildman–Crippen LogP) is 3.42. The summed E-state index contributed by atoms with van der Waals surface area (Å²) in [4.78, 5) is 19.8. The maximum absolute atomic E-state index is 12.6. The van der Waals surface area contributed by atoms with E-state index in [9.17, 15) is 18.0 Å². The molecule has 1 heterocycles. The number of thiazole rings is 1. The van der Waals surface area contributed by atoms with Crippen LogP contribution in [0.5, 0.6) is 0 Å². The molecule has 0 saturated heterocycles. The molecule has 152 valence electrons. The number of halogens is 3. The van der Waals surface area contributed by atoms with Crippen LogP contribution in [0.2, 0.25) is 0 Å². The SMILES string of the molecule is CCNC(=NCC(=O)Nc1cccc(CC)c1)NCc1nc(C(F)(F)F)cs1. The van der Waals surface area contributed by atoms with E-state index in [0.717, 1.165) is 28.7 Å². The fourth-order valence-electron chi connectivity index (χ4n) is 2.24. The minimum Gasteiger partial charge on any atom is -0.357 e. The number of benzene rings is 1. The lowest BCUT2D eigenvalue weighted by molar-refractivity contribution is -0.140. The molecule has 10 heteroatoms. The Labute approximate surface area is 165 Å². The van der Waals surface area contributed by atoms with Crippen molar-refractivity contribution in [3.8, 4) is 0 Å². The van der Waals surface area contributed by atoms with Crippen molar-refractivity contribution in [2.45, 2.75) is 33.0 Å². The summed E-state index contributed by atoms with van der Waals surface area (Å²) in [5.74, 6) is 0.0304. The number of nitrogens with one attached hydrogen (secondary N) is 3. The average molecular weight is 413 g/mol. The predicted molar refractivity (Wildman–Crippen MR) is 104 cm³/mol. The van der Waals surface area contributed by atoms with Gasteiger partial charge in [-0.15, -0.1) is 11.3 Å². The Balaban J connectivity index is 1.92. The lowest BCUT2D eigenvalue weighted by atomic mass is 10.1. The van der Waals surface area contributed by atoms with Crippen LogP contribution in [0.4, 0.5) is 18.9 Å². The second-order valence-corrected chi connectivity index (χ2v) is 6.72. The van der Waals surface area contributed by atoms with E-state index in [2.05, 4.69) is 25.9 Å². The number of hydrogen-bond donors (Lipinski definition) is 3. The van der Waals surface area contributed by atoms with Crippen molar-refractivity contribution in [2.24, 2.45) is 4.99 Å². The van der Waals surface area contributed by atoms with Crippen molar-refractivity contribution in [1.29, 1.82) is 0 Å². The van der Waals surface area contributed by atoms with Crippen molar-refractivity contribution in [3.05, 3.63) is 45.9 Å². The van der Waals surface area contributed by atoms with Crippen LogP contribution in [0.1, 0.15) is 30.1 Å². The third-order valence-electron chi connectivity index (χ3n) is 3.59. The lowest BCUT2D eigenvalue weighted by Gasteiger charge is -2.10. The van der Waals surface area contributed by atoms with Crippen LogP contribution < -0.4 is 16.0 Å². The van der Waals surface area contributed by atoms with Crippen LogP contribution in [0, 0.1) is 0 Å². The number of aromatic nitrogens is 1. The highest BCUT2D eigenvalue weighted by Crippen LogP contribution is 2.29. The Bertz CT molecular complexity index is 820. The molecule has 0 aliphatic heterocycles. The number of amides is 1. The standard InChI is InChI=1S/C18H22F3N5OS/c1-3-12-6-5-7-13(8-12)25-15(27)9-23-17(22-4-2)24-10-16-26-14(11-28-16)18(19,20)21/h5-8,11H,3-4,9-10H2,1-2H3,(H,25,27)(H2,22,23,24). The fourth-order valence-corrected chi connectivity index (χ4v) is 2.98. The fraction of sp³-hybridized carbons (Fsp3) is 0.389. The molecular formula is C18H22F3N5OS. The molecule has 0 fully saturated rings. The van der Waals surface area contributed by atoms with Gasteiger partial charge in [0.1, 0.15) is 11.6 Å². The van der Waals surface area contributed by atoms with Gasteiger partial charge in [-0.05, 0) is 31.0 Å². The smallest absolute Gasteiger partial charge is 0.357 e. The summed E-state index contributed by atoms with van der Waals surface area (Å²) in [6, 6.07) is 7.53. The number of hydrogen-bond acceptors (Lipinski definition) is 4. The van der Waals surface area contributed by atoms with E-state index >= 15 is 0 Å². The average Bonchev–Trinajstić information content (AvgIpc) is 3.13. The Hall–Kier alpha value is -2.62. The van der Waals surface area contributed by atoms with Crippen LogP contribution in [0.3, 0.4) is 0 Å². The first-order valence-electron chi connectivity index (χ1n) is 8.74. The van der Waals surface area contributed by atoms with Gasteiger partial charge >= 0.3 is 6.18 Å². The zero-order valence-electron chi connectivity index (χ0n) is 15.6. The number of guanidine groups is 1. The van der Waals surface area contributed by atoms with E-state index < -0.39 is 11.9 Å². The van der Waals surface area contributed by atoms with Crippen molar-refractivity contribution >= 4 is 28.9 Å². The Morgan fingerprint density at radius 1 is 1.25 bits per heavy atom. The summed E-state index contributed by atoms with van der Waals surface area (Å²) in [5.41, 5.74) is 0.892. The Morgan fingerprint density at radius 2 is 2.04 bits per heavy atom. The van der Waals surface area contributed by atoms with E-state index in [-0.39, 0.29) is 24.0 Å². The van der Waals surface area contributed by atoms with Gasteiger partial charge in [0.25, 0.3) is 0 Å². The number of rotatable bonds is 7. The molecule has 0 radical (unpaired) electrons. The van der Waals surface area contributed by atoms with Gasteiger partial charge in [0, 0.05) is 17.6 Å². The van der Waals surface area contributed by atoms with Crippen molar-refractivity contribution < 1.29 is 18.0 Å². The normalized spacial score (nSPS) is 12.0. The Morgan fingerprint density at radius 3 is 2.68 bits per heavy atom. The van der Waals surface area contributed by atoms with Crippen LogP contribution >= 0.6 is 11.3 Å². The minimum atomic E-state index is -4.46. The van der Waals surface area contributed by atoms with Crippen molar-refractivity contribution in [2.75, 3.05) is 18.4 Å². The second kappa shape index (κ2) is 10.1. The monoisotopic (exact) mass is 413 g/mol. The van der Waals surface area contributed by atoms with E-state index in [4.69, 9.17) is 0 Å². The van der Waals surface area contributed by atoms with Gasteiger partial charge in [0.05, 0.1) is 6.54 Å². The highest BCUT2D eigenvalue weighted by molar-refractivity contribution is 7.09. The molecule has 1 aromatic heterocycles. The zero-order valence-corrected chi connectivity index (χ0v) is 16.4. The van der Waals surface area contributed by atoms with Gasteiger partial charge < -0.3 is 16.0 Å². The number of carbonyl (C=O) groups excluding carboxylic acids is 1. The maximum Gasteiger partial charge on any atom is 0.434 e. The molecule has 0 unspecified atom stereocenters. The third kappa shape index (κ3) is 6.84. The molecule has 0 saturated carbocycles. The second-order valence-electron chi connectivity index (χ2n) is 5.78. The van der Waals surface area contributed by atoms with E-state index in [1.807, 2.05) is 32.0 Å². The first kappa shape index (κ1) is 21.7. The first-order chi connectivity index (χ1) is 13.3. The summed E-state index contributed by atoms with van der Waals surface area (Å²) < 4.78 is 37.8. The molecular weight excluding hydrogens is 391 g/mol. The lowest BCUT2D eigenvalue weighted by Crippen LogP contribution is -2.37. The van der Waals surface area contributed by atoms with Gasteiger partial charge in [0.15, 0.2) is 11.7 Å². The molecule has 0 atom stereocenters. The molecule has 2 rings (SSSR count). The van der Waals surface area contributed by atoms with Crippen molar-refractivity contribution in [1.82, 2.24) is 15.6 Å². The van der Waals surface area contributed by atoms with E-state index in [0.29, 0.717) is 18.2 Å². The largest absolute Gasteiger partial charge is 0.434 e. The molecule has 0 bridgehead atoms. The molecule has 28 heavy (non-hydrogen) atoms. The summed E-state index contributed by atoms with van der Waals surface area (Å²) in [7, 11) is 0. The van der Waals surface area contributed by atoms with E-state index in [1.54, 1.807) is 6.07 Å². The van der Waals surface area contributed by atoms with Gasteiger partial charge in [-0.3, -0.25) is 4.79 Å². The highest BCUT2D eigenvalue weighted by atomic mass is 32.1. The molecule has 0 aliphatic carbocycles. The van der Waals surface area contributed by atoms with Crippen LogP contribution in [0.25, 0.3) is 0 Å². The minimum absolute atomic E-state index is 0.0761. The summed E-state index contributed by atoms with van der Waals surface area (Å²) in [6.07, 6.45) is -3.59. The molecule has 1 amide bonds. The van der Waals surface area contributed by atoms with Crippen molar-refractivity contribution in [3.63, 3.8) is 0 Å². The molecule has 3 N–H and O–H groups in total. The van der Waals surface area contributed by atoms with Gasteiger partial charge in [0.2, 0.25) is 5.91 Å². The third-order valence-corrected chi connectivity index (χ3v) is 4.44. The first-order valence-corrected chi connectivity index (χ1v) is 9.62. The summed E-state index contributed by atoms with van der Waals surface area (Å²) in [5, 5.41) is 9.84. The quantitative estimate of drug-likeness (QED) is 0.480. The van der Waals surface area contributed by atoms with Crippen LogP contribution in [-0.4, -0.2) is 29.9 Å². The number of aliphatic imine (C=N–C) groups is 1. The number of nitrogens with zero attached hydrogens (tertiary/aromatic N) is 2. The van der Waals surface area contributed by atoms with E-state index in [1.165, 1.54) is 0 Å². The molecule has 2 aromatic rings.